The topological polar surface area (TPSA) is 95.9 Å². The van der Waals surface area contributed by atoms with E-state index in [4.69, 9.17) is 16.3 Å². The van der Waals surface area contributed by atoms with Gasteiger partial charge in [0.2, 0.25) is 5.67 Å². The van der Waals surface area contributed by atoms with Gasteiger partial charge in [-0.05, 0) is 36.2 Å². The third-order valence-corrected chi connectivity index (χ3v) is 6.16. The predicted molar refractivity (Wildman–Crippen MR) is 118 cm³/mol. The Morgan fingerprint density at radius 3 is 2.40 bits per heavy atom. The van der Waals surface area contributed by atoms with E-state index in [-0.39, 0.29) is 15.7 Å². The van der Waals surface area contributed by atoms with Crippen molar-refractivity contribution < 1.29 is 41.8 Å². The van der Waals surface area contributed by atoms with Gasteiger partial charge in [-0.1, -0.05) is 37.9 Å². The molecule has 3 atom stereocenters. The number of urea groups is 1. The molecule has 2 aromatic rings. The molecule has 2 aromatic carbocycles. The second kappa shape index (κ2) is 9.37. The fraction of sp³-hybridized carbons (Fsp3) is 0.348. The lowest BCUT2D eigenvalue weighted by Crippen LogP contribution is -2.53. The van der Waals surface area contributed by atoms with Gasteiger partial charge < -0.3 is 15.2 Å². The molecule has 3 rings (SSSR count). The summed E-state index contributed by atoms with van der Waals surface area (Å²) < 4.78 is 62.1. The minimum Gasteiger partial charge on any atom is -0.496 e. The van der Waals surface area contributed by atoms with Gasteiger partial charge in [-0.15, -0.1) is 0 Å². The lowest BCUT2D eigenvalue weighted by Gasteiger charge is -2.25. The number of imide groups is 1. The lowest BCUT2D eigenvalue weighted by atomic mass is 9.88. The molecule has 0 fully saturated rings. The molecule has 0 saturated heterocycles. The van der Waals surface area contributed by atoms with Gasteiger partial charge in [0, 0.05) is 16.1 Å². The average Bonchev–Trinajstić information content (AvgIpc) is 3.03. The Kier molecular flexibility index (Phi) is 7.03. The Bertz CT molecular complexity index is 1190. The van der Waals surface area contributed by atoms with Gasteiger partial charge in [-0.2, -0.15) is 13.2 Å². The summed E-state index contributed by atoms with van der Waals surface area (Å²) >= 11 is 5.99. The molecule has 0 aromatic heterocycles. The van der Waals surface area contributed by atoms with E-state index in [1.165, 1.54) is 26.2 Å². The number of carboxylic acid groups (broad SMARTS) is 1. The molecule has 2 N–H and O–H groups in total. The average molecular weight is 517 g/mol. The molecule has 0 radical (unpaired) electrons. The third kappa shape index (κ3) is 4.52. The van der Waals surface area contributed by atoms with Crippen LogP contribution in [0.4, 0.5) is 28.0 Å². The summed E-state index contributed by atoms with van der Waals surface area (Å²) in [7, 11) is 1.19. The number of rotatable bonds is 6. The maximum atomic E-state index is 16.7. The van der Waals surface area contributed by atoms with Crippen molar-refractivity contribution in [1.29, 1.82) is 0 Å². The molecule has 3 amide bonds. The highest BCUT2D eigenvalue weighted by Gasteiger charge is 2.57. The molecule has 0 bridgehead atoms. The maximum absolute atomic E-state index is 16.7. The fourth-order valence-corrected chi connectivity index (χ4v) is 4.03. The van der Waals surface area contributed by atoms with Gasteiger partial charge in [-0.25, -0.2) is 18.9 Å². The van der Waals surface area contributed by atoms with Crippen LogP contribution in [-0.2, 0) is 21.4 Å². The Hall–Kier alpha value is -3.34. The first-order valence-corrected chi connectivity index (χ1v) is 10.8. The van der Waals surface area contributed by atoms with Crippen molar-refractivity contribution in [3.05, 3.63) is 58.1 Å². The number of amides is 3. The normalized spacial score (nSPS) is 19.2. The summed E-state index contributed by atoms with van der Waals surface area (Å²) in [4.78, 5) is 38.3. The number of nitrogens with one attached hydrogen (secondary N) is 1. The SMILES string of the molecule is CC[C@H](C)C(NC(=O)N1C(=O)[C@@](F)(c2cc(Cl)ccc2OC)c2ccc(C(F)(F)F)cc21)C(=O)O. The zero-order valence-corrected chi connectivity index (χ0v) is 19.5. The molecular weight excluding hydrogens is 496 g/mol. The number of benzene rings is 2. The molecule has 1 unspecified atom stereocenters. The number of hydrogen-bond donors (Lipinski definition) is 2. The molecule has 1 aliphatic rings. The number of anilines is 1. The summed E-state index contributed by atoms with van der Waals surface area (Å²) in [6.07, 6.45) is -4.54. The molecule has 1 aliphatic heterocycles. The number of methoxy groups -OCH3 is 1. The van der Waals surface area contributed by atoms with Crippen LogP contribution in [-0.4, -0.2) is 36.2 Å². The number of carbonyl (C=O) groups is 3. The number of fused-ring (bicyclic) bond motifs is 1. The standard InChI is InChI=1S/C23H21ClF4N2O5/c1-4-11(2)18(19(31)32)29-21(34)30-16-9-12(23(26,27)28)5-7-14(16)22(25,20(30)33)15-10-13(24)6-8-17(15)35-3/h5-11,18H,4H2,1-3H3,(H,29,34)(H,31,32)/t11-,18?,22-/m0/s1. The minimum atomic E-state index is -4.87. The number of ether oxygens (including phenoxy) is 1. The van der Waals surface area contributed by atoms with E-state index in [0.717, 1.165) is 12.1 Å². The van der Waals surface area contributed by atoms with Gasteiger partial charge in [0.25, 0.3) is 5.91 Å². The van der Waals surface area contributed by atoms with Gasteiger partial charge in [-0.3, -0.25) is 4.79 Å². The predicted octanol–water partition coefficient (Wildman–Crippen LogP) is 5.14. The minimum absolute atomic E-state index is 0.00435. The molecule has 7 nitrogen and oxygen atoms in total. The molecule has 35 heavy (non-hydrogen) atoms. The highest BCUT2D eigenvalue weighted by molar-refractivity contribution is 6.31. The van der Waals surface area contributed by atoms with Gasteiger partial charge in [0.05, 0.1) is 18.4 Å². The van der Waals surface area contributed by atoms with Crippen molar-refractivity contribution in [2.45, 2.75) is 38.2 Å². The van der Waals surface area contributed by atoms with E-state index >= 15 is 4.39 Å². The van der Waals surface area contributed by atoms with Crippen LogP contribution in [0.2, 0.25) is 5.02 Å². The number of alkyl halides is 4. The van der Waals surface area contributed by atoms with Crippen LogP contribution in [0.1, 0.15) is 37.0 Å². The highest BCUT2D eigenvalue weighted by atomic mass is 35.5. The first kappa shape index (κ1) is 26.3. The van der Waals surface area contributed by atoms with Crippen molar-refractivity contribution in [3.63, 3.8) is 0 Å². The van der Waals surface area contributed by atoms with Crippen LogP contribution in [0.15, 0.2) is 36.4 Å². The zero-order chi connectivity index (χ0) is 26.3. The van der Waals surface area contributed by atoms with Crippen LogP contribution >= 0.6 is 11.6 Å². The summed E-state index contributed by atoms with van der Waals surface area (Å²) in [6, 6.07) is 2.63. The lowest BCUT2D eigenvalue weighted by molar-refractivity contribution is -0.140. The summed E-state index contributed by atoms with van der Waals surface area (Å²) in [5, 5.41) is 11.6. The molecule has 0 aliphatic carbocycles. The van der Waals surface area contributed by atoms with E-state index in [2.05, 4.69) is 5.32 Å². The van der Waals surface area contributed by atoms with E-state index in [1.807, 2.05) is 0 Å². The first-order valence-electron chi connectivity index (χ1n) is 10.4. The monoisotopic (exact) mass is 516 g/mol. The van der Waals surface area contributed by atoms with Crippen LogP contribution in [0.3, 0.4) is 0 Å². The van der Waals surface area contributed by atoms with Gasteiger partial charge in [0.15, 0.2) is 0 Å². The summed E-state index contributed by atoms with van der Waals surface area (Å²) in [6.45, 7) is 3.19. The number of hydrogen-bond acceptors (Lipinski definition) is 4. The van der Waals surface area contributed by atoms with Crippen molar-refractivity contribution >= 4 is 35.2 Å². The zero-order valence-electron chi connectivity index (χ0n) is 18.7. The number of halogens is 5. The fourth-order valence-electron chi connectivity index (χ4n) is 3.85. The van der Waals surface area contributed by atoms with Crippen LogP contribution in [0.25, 0.3) is 0 Å². The van der Waals surface area contributed by atoms with Crippen LogP contribution in [0.5, 0.6) is 5.75 Å². The van der Waals surface area contributed by atoms with Crippen LogP contribution < -0.4 is 15.0 Å². The summed E-state index contributed by atoms with van der Waals surface area (Å²) in [5.41, 5.74) is -6.05. The van der Waals surface area contributed by atoms with E-state index in [1.54, 1.807) is 6.92 Å². The Labute approximate surface area is 202 Å². The van der Waals surface area contributed by atoms with E-state index in [9.17, 15) is 32.7 Å². The largest absolute Gasteiger partial charge is 0.496 e. The van der Waals surface area contributed by atoms with Crippen molar-refractivity contribution in [2.75, 3.05) is 12.0 Å². The number of aliphatic carboxylic acids is 1. The van der Waals surface area contributed by atoms with E-state index < -0.39 is 64.1 Å². The van der Waals surface area contributed by atoms with Crippen molar-refractivity contribution in [2.24, 2.45) is 5.92 Å². The molecule has 12 heteroatoms. The Morgan fingerprint density at radius 2 is 1.86 bits per heavy atom. The number of nitrogens with zero attached hydrogens (tertiary/aromatic N) is 1. The van der Waals surface area contributed by atoms with E-state index in [0.29, 0.717) is 18.6 Å². The highest BCUT2D eigenvalue weighted by Crippen LogP contribution is 2.51. The van der Waals surface area contributed by atoms with Crippen molar-refractivity contribution in [3.8, 4) is 5.75 Å². The first-order chi connectivity index (χ1) is 16.3. The molecule has 0 saturated carbocycles. The maximum Gasteiger partial charge on any atom is 0.416 e. The second-order valence-corrected chi connectivity index (χ2v) is 8.46. The number of carboxylic acids is 1. The smallest absolute Gasteiger partial charge is 0.416 e. The number of carbonyl (C=O) groups excluding carboxylic acids is 2. The Morgan fingerprint density at radius 1 is 1.20 bits per heavy atom. The molecule has 0 spiro atoms. The molecule has 1 heterocycles. The van der Waals surface area contributed by atoms with Crippen molar-refractivity contribution in [1.82, 2.24) is 5.32 Å². The quantitative estimate of drug-likeness (QED) is 0.519. The Balaban J connectivity index is 2.23. The second-order valence-electron chi connectivity index (χ2n) is 8.02. The summed E-state index contributed by atoms with van der Waals surface area (Å²) in [5.74, 6) is -3.70. The third-order valence-electron chi connectivity index (χ3n) is 5.93. The van der Waals surface area contributed by atoms with Gasteiger partial charge >= 0.3 is 18.2 Å². The van der Waals surface area contributed by atoms with Gasteiger partial charge in [0.1, 0.15) is 11.8 Å². The molecule has 188 valence electrons. The molecular formula is C23H21ClF4N2O5. The van der Waals surface area contributed by atoms with Crippen LogP contribution in [0, 0.1) is 5.92 Å².